The topological polar surface area (TPSA) is 87.3 Å². The van der Waals surface area contributed by atoms with E-state index in [4.69, 9.17) is 16.3 Å². The van der Waals surface area contributed by atoms with Gasteiger partial charge in [0.1, 0.15) is 5.82 Å². The molecule has 0 spiro atoms. The van der Waals surface area contributed by atoms with Crippen molar-refractivity contribution in [3.05, 3.63) is 29.0 Å². The number of hydrogen-bond donors (Lipinski definition) is 2. The molecule has 1 saturated heterocycles. The predicted molar refractivity (Wildman–Crippen MR) is 98.0 cm³/mol. The Balaban J connectivity index is 1.47. The first kappa shape index (κ1) is 18.6. The Hall–Kier alpha value is -1.19. The number of rotatable bonds is 7. The van der Waals surface area contributed by atoms with Gasteiger partial charge >= 0.3 is 0 Å². The number of benzene rings is 1. The van der Waals surface area contributed by atoms with Gasteiger partial charge in [0.05, 0.1) is 17.1 Å². The lowest BCUT2D eigenvalue weighted by atomic mass is 10.1. The van der Waals surface area contributed by atoms with Crippen LogP contribution in [0.1, 0.15) is 25.1 Å². The van der Waals surface area contributed by atoms with E-state index in [-0.39, 0.29) is 6.10 Å². The first-order chi connectivity index (χ1) is 12.0. The highest BCUT2D eigenvalue weighted by atomic mass is 35.5. The molecular formula is C16H23ClN4O3S. The fourth-order valence-corrected chi connectivity index (χ4v) is 4.46. The van der Waals surface area contributed by atoms with Gasteiger partial charge in [-0.25, -0.2) is 9.71 Å². The minimum Gasteiger partial charge on any atom is -0.381 e. The fraction of sp³-hybridized carbons (Fsp3) is 0.562. The highest BCUT2D eigenvalue weighted by molar-refractivity contribution is 7.87. The molecule has 0 aliphatic carbocycles. The van der Waals surface area contributed by atoms with Crippen LogP contribution in [0.4, 0.5) is 0 Å². The van der Waals surface area contributed by atoms with Crippen LogP contribution in [0.15, 0.2) is 18.2 Å². The third-order valence-corrected chi connectivity index (χ3v) is 6.29. The van der Waals surface area contributed by atoms with Crippen molar-refractivity contribution in [3.63, 3.8) is 0 Å². The van der Waals surface area contributed by atoms with Gasteiger partial charge < -0.3 is 9.72 Å². The van der Waals surface area contributed by atoms with E-state index in [2.05, 4.69) is 14.7 Å². The second kappa shape index (κ2) is 8.01. The molecule has 0 saturated carbocycles. The standard InChI is InChI=1S/C16H23ClN4O3S/c1-24-13-6-9-21(10-7-13)25(22,23)18-8-2-3-16-19-14-5-4-12(17)11-15(14)20-16/h4-5,11,13,18H,2-3,6-10H2,1H3,(H,19,20). The van der Waals surface area contributed by atoms with Gasteiger partial charge in [0.25, 0.3) is 10.2 Å². The predicted octanol–water partition coefficient (Wildman–Crippen LogP) is 2.09. The lowest BCUT2D eigenvalue weighted by Gasteiger charge is -2.30. The van der Waals surface area contributed by atoms with E-state index in [1.54, 1.807) is 13.2 Å². The molecule has 2 N–H and O–H groups in total. The number of imidazole rings is 1. The van der Waals surface area contributed by atoms with E-state index in [0.717, 1.165) is 29.7 Å². The zero-order valence-electron chi connectivity index (χ0n) is 14.2. The number of H-pyrrole nitrogens is 1. The van der Waals surface area contributed by atoms with Crippen molar-refractivity contribution in [2.75, 3.05) is 26.7 Å². The molecule has 7 nitrogen and oxygen atoms in total. The number of aryl methyl sites for hydroxylation is 1. The number of piperidine rings is 1. The van der Waals surface area contributed by atoms with Gasteiger partial charge in [-0.15, -0.1) is 0 Å². The summed E-state index contributed by atoms with van der Waals surface area (Å²) < 4.78 is 34.0. The average molecular weight is 387 g/mol. The molecule has 1 aliphatic rings. The van der Waals surface area contributed by atoms with Crippen LogP contribution in [0.5, 0.6) is 0 Å². The highest BCUT2D eigenvalue weighted by Crippen LogP contribution is 2.18. The third-order valence-electron chi connectivity index (χ3n) is 4.44. The van der Waals surface area contributed by atoms with Crippen molar-refractivity contribution >= 4 is 32.8 Å². The van der Waals surface area contributed by atoms with E-state index in [0.29, 0.717) is 37.5 Å². The number of ether oxygens (including phenoxy) is 1. The van der Waals surface area contributed by atoms with E-state index >= 15 is 0 Å². The Bertz CT molecular complexity index is 816. The summed E-state index contributed by atoms with van der Waals surface area (Å²) in [5, 5.41) is 0.660. The lowest BCUT2D eigenvalue weighted by molar-refractivity contribution is 0.0602. The van der Waals surface area contributed by atoms with Crippen LogP contribution in [-0.2, 0) is 21.4 Å². The molecule has 25 heavy (non-hydrogen) atoms. The van der Waals surface area contributed by atoms with Gasteiger partial charge in [0, 0.05) is 38.2 Å². The van der Waals surface area contributed by atoms with Crippen LogP contribution in [0, 0.1) is 0 Å². The summed E-state index contributed by atoms with van der Waals surface area (Å²) >= 11 is 5.96. The maximum Gasteiger partial charge on any atom is 0.279 e. The molecular weight excluding hydrogens is 364 g/mol. The third kappa shape index (κ3) is 4.71. The number of aromatic nitrogens is 2. The fourth-order valence-electron chi connectivity index (χ4n) is 3.01. The highest BCUT2D eigenvalue weighted by Gasteiger charge is 2.27. The first-order valence-corrected chi connectivity index (χ1v) is 10.2. The Labute approximate surface area is 152 Å². The Morgan fingerprint density at radius 3 is 2.88 bits per heavy atom. The van der Waals surface area contributed by atoms with Crippen LogP contribution in [0.2, 0.25) is 5.02 Å². The van der Waals surface area contributed by atoms with Crippen molar-refractivity contribution < 1.29 is 13.2 Å². The molecule has 0 amide bonds. The van der Waals surface area contributed by atoms with Crippen LogP contribution in [0.25, 0.3) is 11.0 Å². The summed E-state index contributed by atoms with van der Waals surface area (Å²) in [5.74, 6) is 0.831. The molecule has 0 radical (unpaired) electrons. The van der Waals surface area contributed by atoms with Crippen molar-refractivity contribution in [2.45, 2.75) is 31.8 Å². The number of nitrogens with zero attached hydrogens (tertiary/aromatic N) is 2. The SMILES string of the molecule is COC1CCN(S(=O)(=O)NCCCc2nc3ccc(Cl)cc3[nH]2)CC1. The molecule has 0 bridgehead atoms. The van der Waals surface area contributed by atoms with Crippen LogP contribution >= 0.6 is 11.6 Å². The van der Waals surface area contributed by atoms with Crippen LogP contribution in [0.3, 0.4) is 0 Å². The second-order valence-corrected chi connectivity index (χ2v) is 8.37. The summed E-state index contributed by atoms with van der Waals surface area (Å²) in [6, 6.07) is 5.50. The Morgan fingerprint density at radius 1 is 1.40 bits per heavy atom. The molecule has 2 aromatic rings. The van der Waals surface area contributed by atoms with Crippen LogP contribution in [-0.4, -0.2) is 55.5 Å². The summed E-state index contributed by atoms with van der Waals surface area (Å²) in [6.07, 6.45) is 2.97. The van der Waals surface area contributed by atoms with Crippen molar-refractivity contribution in [2.24, 2.45) is 0 Å². The number of fused-ring (bicyclic) bond motifs is 1. The number of halogens is 1. The molecule has 9 heteroatoms. The van der Waals surface area contributed by atoms with Crippen LogP contribution < -0.4 is 4.72 Å². The van der Waals surface area contributed by atoms with Crippen molar-refractivity contribution in [3.8, 4) is 0 Å². The zero-order chi connectivity index (χ0) is 17.9. The second-order valence-electron chi connectivity index (χ2n) is 6.18. The minimum atomic E-state index is -3.42. The maximum atomic E-state index is 12.3. The lowest BCUT2D eigenvalue weighted by Crippen LogP contribution is -2.46. The van der Waals surface area contributed by atoms with E-state index in [1.807, 2.05) is 12.1 Å². The monoisotopic (exact) mass is 386 g/mol. The van der Waals surface area contributed by atoms with Crippen molar-refractivity contribution in [1.29, 1.82) is 0 Å². The molecule has 1 fully saturated rings. The molecule has 1 aromatic carbocycles. The molecule has 2 heterocycles. The van der Waals surface area contributed by atoms with E-state index in [1.165, 1.54) is 4.31 Å². The van der Waals surface area contributed by atoms with E-state index < -0.39 is 10.2 Å². The summed E-state index contributed by atoms with van der Waals surface area (Å²) in [5.41, 5.74) is 1.75. The normalized spacial score (nSPS) is 17.4. The number of aromatic amines is 1. The van der Waals surface area contributed by atoms with Gasteiger partial charge in [0.2, 0.25) is 0 Å². The summed E-state index contributed by atoms with van der Waals surface area (Å²) in [6.45, 7) is 1.38. The van der Waals surface area contributed by atoms with Crippen molar-refractivity contribution in [1.82, 2.24) is 19.0 Å². The first-order valence-electron chi connectivity index (χ1n) is 8.39. The average Bonchev–Trinajstić information content (AvgIpc) is 3.00. The van der Waals surface area contributed by atoms with Gasteiger partial charge in [-0.1, -0.05) is 11.6 Å². The molecule has 0 atom stereocenters. The van der Waals surface area contributed by atoms with Gasteiger partial charge in [0.15, 0.2) is 0 Å². The van der Waals surface area contributed by atoms with E-state index in [9.17, 15) is 8.42 Å². The Kier molecular flexibility index (Phi) is 5.96. The van der Waals surface area contributed by atoms with Gasteiger partial charge in [-0.3, -0.25) is 0 Å². The quantitative estimate of drug-likeness (QED) is 0.713. The number of methoxy groups -OCH3 is 1. The molecule has 1 aliphatic heterocycles. The zero-order valence-corrected chi connectivity index (χ0v) is 15.7. The smallest absolute Gasteiger partial charge is 0.279 e. The summed E-state index contributed by atoms with van der Waals surface area (Å²) in [4.78, 5) is 7.69. The minimum absolute atomic E-state index is 0.160. The molecule has 3 rings (SSSR count). The maximum absolute atomic E-state index is 12.3. The number of nitrogens with one attached hydrogen (secondary N) is 2. The summed E-state index contributed by atoms with van der Waals surface area (Å²) in [7, 11) is -1.75. The molecule has 138 valence electrons. The van der Waals surface area contributed by atoms with Gasteiger partial charge in [-0.05, 0) is 37.5 Å². The molecule has 0 unspecified atom stereocenters. The Morgan fingerprint density at radius 2 is 2.16 bits per heavy atom. The van der Waals surface area contributed by atoms with Gasteiger partial charge in [-0.2, -0.15) is 12.7 Å². The number of hydrogen-bond acceptors (Lipinski definition) is 4. The molecule has 1 aromatic heterocycles. The largest absolute Gasteiger partial charge is 0.381 e.